The van der Waals surface area contributed by atoms with Gasteiger partial charge in [-0.2, -0.15) is 0 Å². The van der Waals surface area contributed by atoms with Crippen LogP contribution in [0.3, 0.4) is 0 Å². The van der Waals surface area contributed by atoms with Gasteiger partial charge in [0, 0.05) is 14.7 Å². The van der Waals surface area contributed by atoms with Crippen LogP contribution in [-0.4, -0.2) is 0 Å². The molecule has 0 aliphatic carbocycles. The van der Waals surface area contributed by atoms with E-state index in [9.17, 15) is 0 Å². The first-order chi connectivity index (χ1) is 9.82. The van der Waals surface area contributed by atoms with Gasteiger partial charge in [0.2, 0.25) is 0 Å². The van der Waals surface area contributed by atoms with Gasteiger partial charge in [-0.15, -0.1) is 15.1 Å². The van der Waals surface area contributed by atoms with E-state index < -0.39 is 9.44 Å². The SMILES string of the molecule is C#S(c1ccccc1)(c1ccccc1)c1ccccc1. The topological polar surface area (TPSA) is 0 Å². The molecule has 0 unspecified atom stereocenters. The van der Waals surface area contributed by atoms with Crippen molar-refractivity contribution in [2.24, 2.45) is 0 Å². The van der Waals surface area contributed by atoms with E-state index >= 15 is 0 Å². The third-order valence-corrected chi connectivity index (χ3v) is 6.39. The van der Waals surface area contributed by atoms with Gasteiger partial charge in [-0.05, 0) is 36.4 Å². The average Bonchev–Trinajstić information content (AvgIpc) is 2.56. The minimum absolute atomic E-state index is 1.18. The van der Waals surface area contributed by atoms with Gasteiger partial charge in [-0.3, -0.25) is 0 Å². The van der Waals surface area contributed by atoms with Crippen LogP contribution < -0.4 is 0 Å². The molecule has 0 aliphatic heterocycles. The Morgan fingerprint density at radius 3 is 0.950 bits per heavy atom. The smallest absolute Gasteiger partial charge is 0.00798 e. The molecule has 0 aliphatic rings. The molecule has 0 heterocycles. The van der Waals surface area contributed by atoms with Crippen LogP contribution in [0.4, 0.5) is 0 Å². The van der Waals surface area contributed by atoms with Crippen molar-refractivity contribution in [1.82, 2.24) is 0 Å². The molecule has 3 aromatic carbocycles. The molecule has 0 atom stereocenters. The van der Waals surface area contributed by atoms with Crippen molar-refractivity contribution >= 4 is 9.44 Å². The predicted octanol–water partition coefficient (Wildman–Crippen LogP) is 5.56. The van der Waals surface area contributed by atoms with E-state index in [1.165, 1.54) is 14.7 Å². The highest BCUT2D eigenvalue weighted by Crippen LogP contribution is 2.55. The molecule has 20 heavy (non-hydrogen) atoms. The zero-order chi connectivity index (χ0) is 13.8. The summed E-state index contributed by atoms with van der Waals surface area (Å²) in [5.41, 5.74) is 6.95. The van der Waals surface area contributed by atoms with Gasteiger partial charge in [-0.1, -0.05) is 54.6 Å². The lowest BCUT2D eigenvalue weighted by atomic mass is 10.4. The lowest BCUT2D eigenvalue weighted by Gasteiger charge is -2.25. The summed E-state index contributed by atoms with van der Waals surface area (Å²) in [6, 6.07) is 31.1. The van der Waals surface area contributed by atoms with Crippen LogP contribution in [0.2, 0.25) is 0 Å². The normalized spacial score (nSPS) is 11.2. The third kappa shape index (κ3) is 2.18. The molecule has 0 fully saturated rings. The van der Waals surface area contributed by atoms with Gasteiger partial charge in [0.05, 0.1) is 0 Å². The molecule has 0 saturated heterocycles. The van der Waals surface area contributed by atoms with Crippen molar-refractivity contribution in [2.45, 2.75) is 14.7 Å². The molecule has 98 valence electrons. The van der Waals surface area contributed by atoms with E-state index in [-0.39, 0.29) is 0 Å². The molecule has 1 heteroatoms. The van der Waals surface area contributed by atoms with Gasteiger partial charge in [0.1, 0.15) is 0 Å². The maximum atomic E-state index is 6.95. The van der Waals surface area contributed by atoms with Crippen LogP contribution in [0.5, 0.6) is 0 Å². The summed E-state index contributed by atoms with van der Waals surface area (Å²) in [6.07, 6.45) is 0. The fraction of sp³-hybridized carbons (Fsp3) is 0. The molecule has 3 aromatic rings. The van der Waals surface area contributed by atoms with Gasteiger partial charge < -0.3 is 0 Å². The Balaban J connectivity index is 2.28. The molecule has 3 rings (SSSR count). The molecule has 0 spiro atoms. The van der Waals surface area contributed by atoms with E-state index in [0.717, 1.165) is 0 Å². The van der Waals surface area contributed by atoms with Crippen LogP contribution >= 0.6 is 9.44 Å². The van der Waals surface area contributed by atoms with Crippen LogP contribution in [-0.2, 0) is 0 Å². The summed E-state index contributed by atoms with van der Waals surface area (Å²) in [4.78, 5) is 3.53. The van der Waals surface area contributed by atoms with E-state index in [4.69, 9.17) is 5.69 Å². The number of hydrogen-bond acceptors (Lipinski definition) is 0. The first-order valence-electron chi connectivity index (χ1n) is 6.58. The summed E-state index contributed by atoms with van der Waals surface area (Å²) >= 11 is 0. The predicted molar refractivity (Wildman–Crippen MR) is 86.7 cm³/mol. The van der Waals surface area contributed by atoms with E-state index in [1.54, 1.807) is 0 Å². The van der Waals surface area contributed by atoms with E-state index in [2.05, 4.69) is 72.8 Å². The number of rotatable bonds is 0. The Morgan fingerprint density at radius 1 is 0.450 bits per heavy atom. The highest BCUT2D eigenvalue weighted by atomic mass is 32.2. The lowest BCUT2D eigenvalue weighted by Crippen LogP contribution is -1.91. The Labute approximate surface area is 121 Å². The maximum absolute atomic E-state index is 6.95. The first-order valence-corrected chi connectivity index (χ1v) is 8.28. The second-order valence-corrected chi connectivity index (χ2v) is 7.33. The molecule has 0 saturated carbocycles. The standard InChI is InChI=1S/C19H16S/c1-20(17-11-5-2-6-12-17,18-13-7-3-8-14-18)19-15-9-4-10-16-19/h1-16H. The Bertz CT molecular complexity index is 670. The fourth-order valence-corrected chi connectivity index (χ4v) is 4.89. The highest BCUT2D eigenvalue weighted by molar-refractivity contribution is 8.24. The second kappa shape index (κ2) is 5.42. The monoisotopic (exact) mass is 276 g/mol. The fourth-order valence-electron chi connectivity index (χ4n) is 2.31. The average molecular weight is 276 g/mol. The molecular weight excluding hydrogens is 260 g/mol. The van der Waals surface area contributed by atoms with E-state index in [0.29, 0.717) is 0 Å². The molecular formula is C19H16S. The molecule has 0 bridgehead atoms. The van der Waals surface area contributed by atoms with Crippen molar-refractivity contribution in [3.63, 3.8) is 0 Å². The zero-order valence-corrected chi connectivity index (χ0v) is 12.0. The van der Waals surface area contributed by atoms with Crippen LogP contribution in [0.25, 0.3) is 0 Å². The minimum atomic E-state index is -1.68. The van der Waals surface area contributed by atoms with Crippen molar-refractivity contribution in [2.75, 3.05) is 0 Å². The minimum Gasteiger partial charge on any atom is -0.132 e. The quantitative estimate of drug-likeness (QED) is 0.504. The van der Waals surface area contributed by atoms with Crippen molar-refractivity contribution < 1.29 is 0 Å². The highest BCUT2D eigenvalue weighted by Gasteiger charge is 2.17. The molecule has 0 radical (unpaired) electrons. The summed E-state index contributed by atoms with van der Waals surface area (Å²) in [5, 5.41) is 0. The molecule has 0 amide bonds. The molecule has 0 nitrogen and oxygen atoms in total. The first kappa shape index (κ1) is 12.8. The van der Waals surface area contributed by atoms with Crippen LogP contribution in [0, 0.1) is 5.69 Å². The summed E-state index contributed by atoms with van der Waals surface area (Å²) in [6.45, 7) is 0. The zero-order valence-electron chi connectivity index (χ0n) is 11.1. The maximum Gasteiger partial charge on any atom is 0.00798 e. The summed E-state index contributed by atoms with van der Waals surface area (Å²) < 4.78 is 0. The van der Waals surface area contributed by atoms with Crippen molar-refractivity contribution in [3.8, 4) is 5.69 Å². The number of benzene rings is 3. The van der Waals surface area contributed by atoms with Crippen LogP contribution in [0.15, 0.2) is 106 Å². The molecule has 0 aromatic heterocycles. The van der Waals surface area contributed by atoms with Gasteiger partial charge in [0.15, 0.2) is 0 Å². The number of hydrogen-bond donors (Lipinski definition) is 0. The van der Waals surface area contributed by atoms with Crippen molar-refractivity contribution in [1.29, 1.82) is 0 Å². The van der Waals surface area contributed by atoms with Gasteiger partial charge in [-0.25, -0.2) is 0 Å². The van der Waals surface area contributed by atoms with Crippen molar-refractivity contribution in [3.05, 3.63) is 91.0 Å². The lowest BCUT2D eigenvalue weighted by molar-refractivity contribution is 1.32. The van der Waals surface area contributed by atoms with Gasteiger partial charge in [0.25, 0.3) is 0 Å². The van der Waals surface area contributed by atoms with Gasteiger partial charge >= 0.3 is 0 Å². The Morgan fingerprint density at radius 2 is 0.700 bits per heavy atom. The largest absolute Gasteiger partial charge is 0.132 e. The Kier molecular flexibility index (Phi) is 3.47. The van der Waals surface area contributed by atoms with Crippen LogP contribution in [0.1, 0.15) is 0 Å². The summed E-state index contributed by atoms with van der Waals surface area (Å²) in [7, 11) is -1.68. The Hall–Kier alpha value is -2.21. The third-order valence-electron chi connectivity index (χ3n) is 3.34. The molecule has 0 N–H and O–H groups in total. The summed E-state index contributed by atoms with van der Waals surface area (Å²) in [5.74, 6) is 0. The van der Waals surface area contributed by atoms with E-state index in [1.807, 2.05) is 18.2 Å². The second-order valence-electron chi connectivity index (χ2n) is 4.60.